The van der Waals surface area contributed by atoms with Crippen molar-refractivity contribution < 1.29 is 22.5 Å². The van der Waals surface area contributed by atoms with Crippen molar-refractivity contribution in [2.24, 2.45) is 22.9 Å². The molecule has 38 heavy (non-hydrogen) atoms. The van der Waals surface area contributed by atoms with E-state index in [1.54, 1.807) is 30.3 Å². The van der Waals surface area contributed by atoms with E-state index in [1.807, 2.05) is 0 Å². The molecule has 7 rings (SSSR count). The van der Waals surface area contributed by atoms with E-state index < -0.39 is 10.0 Å². The number of hydrogen-bond acceptors (Lipinski definition) is 6. The zero-order valence-electron chi connectivity index (χ0n) is 20.4. The number of benzene rings is 2. The van der Waals surface area contributed by atoms with Crippen LogP contribution in [0.4, 0.5) is 5.69 Å². The minimum absolute atomic E-state index is 0.0185. The van der Waals surface area contributed by atoms with E-state index in [0.29, 0.717) is 39.5 Å². The second kappa shape index (κ2) is 9.95. The predicted octanol–water partition coefficient (Wildman–Crippen LogP) is 5.74. The third kappa shape index (κ3) is 4.98. The van der Waals surface area contributed by atoms with Gasteiger partial charge in [-0.25, -0.2) is 13.6 Å². The largest absolute Gasteiger partial charge is 0.373 e. The van der Waals surface area contributed by atoms with Crippen LogP contribution in [0.15, 0.2) is 51.9 Å². The van der Waals surface area contributed by atoms with Gasteiger partial charge >= 0.3 is 0 Å². The van der Waals surface area contributed by atoms with Gasteiger partial charge in [-0.15, -0.1) is 0 Å². The summed E-state index contributed by atoms with van der Waals surface area (Å²) < 4.78 is 35.4. The summed E-state index contributed by atoms with van der Waals surface area (Å²) in [6.07, 6.45) is 4.67. The van der Waals surface area contributed by atoms with Crippen LogP contribution in [0.25, 0.3) is 11.3 Å². The van der Waals surface area contributed by atoms with Gasteiger partial charge in [0.2, 0.25) is 15.9 Å². The summed E-state index contributed by atoms with van der Waals surface area (Å²) in [5.74, 6) is 1.39. The SMILES string of the molecule is NS(=O)(=O)c1cccc(NC(=O)C2C3CC(OCc4c(-c5c(Cl)cccc5Cl)noc4C4CC4)CC2C3)c1. The second-order valence-electron chi connectivity index (χ2n) is 10.5. The molecule has 2 atom stereocenters. The average molecular weight is 577 g/mol. The summed E-state index contributed by atoms with van der Waals surface area (Å²) in [5, 5.41) is 13.4. The number of anilines is 1. The summed E-state index contributed by atoms with van der Waals surface area (Å²) in [7, 11) is -3.84. The van der Waals surface area contributed by atoms with Crippen LogP contribution in [0.5, 0.6) is 0 Å². The fourth-order valence-corrected chi connectivity index (χ4v) is 7.05. The van der Waals surface area contributed by atoms with Crippen LogP contribution in [-0.2, 0) is 26.2 Å². The molecule has 4 fully saturated rings. The van der Waals surface area contributed by atoms with E-state index in [2.05, 4.69) is 10.5 Å². The first-order valence-corrected chi connectivity index (χ1v) is 15.0. The molecule has 8 nitrogen and oxygen atoms in total. The molecule has 1 aromatic heterocycles. The number of primary sulfonamides is 1. The van der Waals surface area contributed by atoms with Crippen molar-refractivity contribution in [3.8, 4) is 11.3 Å². The maximum absolute atomic E-state index is 13.0. The maximum atomic E-state index is 13.0. The number of carbonyl (C=O) groups excluding carboxylic acids is 1. The van der Waals surface area contributed by atoms with Crippen molar-refractivity contribution in [2.75, 3.05) is 5.32 Å². The highest BCUT2D eigenvalue weighted by molar-refractivity contribution is 7.89. The minimum Gasteiger partial charge on any atom is -0.373 e. The fourth-order valence-electron chi connectivity index (χ4n) is 5.92. The Morgan fingerprint density at radius 2 is 1.76 bits per heavy atom. The van der Waals surface area contributed by atoms with Crippen LogP contribution in [-0.4, -0.2) is 25.6 Å². The molecule has 200 valence electrons. The first-order chi connectivity index (χ1) is 18.2. The van der Waals surface area contributed by atoms with Gasteiger partial charge in [0.1, 0.15) is 11.5 Å². The molecular formula is C27H27Cl2N3O5S. The Morgan fingerprint density at radius 1 is 1.08 bits per heavy atom. The first kappa shape index (κ1) is 25.8. The molecule has 2 aromatic carbocycles. The summed E-state index contributed by atoms with van der Waals surface area (Å²) in [5.41, 5.74) is 2.60. The lowest BCUT2D eigenvalue weighted by Crippen LogP contribution is -2.51. The number of aromatic nitrogens is 1. The normalized spacial score (nSPS) is 24.6. The summed E-state index contributed by atoms with van der Waals surface area (Å²) >= 11 is 12.9. The van der Waals surface area contributed by atoms with E-state index in [4.69, 9.17) is 37.6 Å². The van der Waals surface area contributed by atoms with Gasteiger partial charge in [0.05, 0.1) is 27.7 Å². The molecule has 3 N–H and O–H groups in total. The lowest BCUT2D eigenvalue weighted by atomic mass is 9.56. The number of fused-ring (bicyclic) bond motifs is 2. The molecule has 1 heterocycles. The van der Waals surface area contributed by atoms with Gasteiger partial charge in [0, 0.05) is 28.7 Å². The molecule has 11 heteroatoms. The Hall–Kier alpha value is -2.43. The molecule has 4 saturated carbocycles. The van der Waals surface area contributed by atoms with E-state index in [9.17, 15) is 13.2 Å². The average Bonchev–Trinajstić information content (AvgIpc) is 3.62. The van der Waals surface area contributed by atoms with E-state index in [1.165, 1.54) is 12.1 Å². The molecule has 3 aromatic rings. The zero-order chi connectivity index (χ0) is 26.6. The third-order valence-corrected chi connectivity index (χ3v) is 9.46. The highest BCUT2D eigenvalue weighted by Gasteiger charge is 2.51. The fraction of sp³-hybridized carbons (Fsp3) is 0.407. The molecule has 1 amide bonds. The van der Waals surface area contributed by atoms with Crippen LogP contribution in [0.1, 0.15) is 49.3 Å². The van der Waals surface area contributed by atoms with Crippen molar-refractivity contribution in [2.45, 2.75) is 55.6 Å². The molecule has 4 aliphatic carbocycles. The number of nitrogens with one attached hydrogen (secondary N) is 1. The van der Waals surface area contributed by atoms with Crippen molar-refractivity contribution in [1.82, 2.24) is 5.16 Å². The van der Waals surface area contributed by atoms with Crippen molar-refractivity contribution in [3.05, 3.63) is 63.8 Å². The van der Waals surface area contributed by atoms with E-state index in [0.717, 1.165) is 43.4 Å². The molecule has 4 aliphatic rings. The zero-order valence-corrected chi connectivity index (χ0v) is 22.7. The number of rotatable bonds is 8. The van der Waals surface area contributed by atoms with Crippen LogP contribution in [0, 0.1) is 17.8 Å². The van der Waals surface area contributed by atoms with Crippen molar-refractivity contribution >= 4 is 44.8 Å². The molecule has 0 saturated heterocycles. The second-order valence-corrected chi connectivity index (χ2v) is 12.9. The topological polar surface area (TPSA) is 125 Å². The summed E-state index contributed by atoms with van der Waals surface area (Å²) in [6.45, 7) is 0.341. The van der Waals surface area contributed by atoms with E-state index >= 15 is 0 Å². The highest BCUT2D eigenvalue weighted by atomic mass is 35.5. The van der Waals surface area contributed by atoms with Gasteiger partial charge in [-0.2, -0.15) is 0 Å². The standard InChI is InChI=1S/C27H27Cl2N3O5S/c28-21-5-2-6-22(29)24(21)25-20(26(37-32-25)14-7-8-14)13-36-18-10-15-9-16(11-18)23(15)27(33)31-17-3-1-4-19(12-17)38(30,34)35/h1-6,12,14-16,18,23H,7-11,13H2,(H,31,33)(H2,30,34,35). The number of carbonyl (C=O) groups is 1. The van der Waals surface area contributed by atoms with Crippen LogP contribution in [0.2, 0.25) is 10.0 Å². The molecule has 2 unspecified atom stereocenters. The van der Waals surface area contributed by atoms with Gasteiger partial charge < -0.3 is 14.6 Å². The smallest absolute Gasteiger partial charge is 0.238 e. The lowest BCUT2D eigenvalue weighted by molar-refractivity contribution is -0.142. The molecule has 2 bridgehead atoms. The highest BCUT2D eigenvalue weighted by Crippen LogP contribution is 2.52. The number of hydrogen-bond donors (Lipinski definition) is 2. The van der Waals surface area contributed by atoms with Gasteiger partial charge in [0.25, 0.3) is 0 Å². The molecule has 0 aliphatic heterocycles. The lowest BCUT2D eigenvalue weighted by Gasteiger charge is -2.51. The Labute approximate surface area is 230 Å². The Kier molecular flexibility index (Phi) is 6.76. The molecule has 0 radical (unpaired) electrons. The van der Waals surface area contributed by atoms with Gasteiger partial charge in [-0.1, -0.05) is 40.5 Å². The number of halogens is 2. The third-order valence-electron chi connectivity index (χ3n) is 7.92. The van der Waals surface area contributed by atoms with E-state index in [-0.39, 0.29) is 34.7 Å². The van der Waals surface area contributed by atoms with Crippen LogP contribution in [0.3, 0.4) is 0 Å². The van der Waals surface area contributed by atoms with Crippen molar-refractivity contribution in [3.63, 3.8) is 0 Å². The monoisotopic (exact) mass is 575 g/mol. The van der Waals surface area contributed by atoms with Gasteiger partial charge in [-0.05, 0) is 74.3 Å². The quantitative estimate of drug-likeness (QED) is 0.352. The van der Waals surface area contributed by atoms with Gasteiger partial charge in [-0.3, -0.25) is 4.79 Å². The maximum Gasteiger partial charge on any atom is 0.238 e. The summed E-state index contributed by atoms with van der Waals surface area (Å²) in [6, 6.07) is 11.4. The number of sulfonamides is 1. The number of ether oxygens (including phenoxy) is 1. The summed E-state index contributed by atoms with van der Waals surface area (Å²) in [4.78, 5) is 13.0. The van der Waals surface area contributed by atoms with Crippen LogP contribution < -0.4 is 10.5 Å². The number of nitrogens with two attached hydrogens (primary N) is 1. The Bertz CT molecular complexity index is 1470. The van der Waals surface area contributed by atoms with Crippen LogP contribution >= 0.6 is 23.2 Å². The van der Waals surface area contributed by atoms with Gasteiger partial charge in [0.15, 0.2) is 0 Å². The van der Waals surface area contributed by atoms with Crippen molar-refractivity contribution in [1.29, 1.82) is 0 Å². The Morgan fingerprint density at radius 3 is 2.42 bits per heavy atom. The number of amides is 1. The Balaban J connectivity index is 1.12. The first-order valence-electron chi connectivity index (χ1n) is 12.7. The minimum atomic E-state index is -3.84. The number of nitrogens with zero attached hydrogens (tertiary/aromatic N) is 1. The molecule has 0 spiro atoms. The molecular weight excluding hydrogens is 549 g/mol. The predicted molar refractivity (Wildman–Crippen MR) is 143 cm³/mol.